The highest BCUT2D eigenvalue weighted by Crippen LogP contribution is 2.29. The molecule has 0 spiro atoms. The first-order valence-electron chi connectivity index (χ1n) is 9.53. The molecule has 2 N–H and O–H groups in total. The van der Waals surface area contributed by atoms with E-state index in [2.05, 4.69) is 16.9 Å². The molecule has 3 rings (SSSR count). The van der Waals surface area contributed by atoms with Crippen LogP contribution in [-0.2, 0) is 16.8 Å². The highest BCUT2D eigenvalue weighted by atomic mass is 16.5. The fourth-order valence-corrected chi connectivity index (χ4v) is 3.27. The molecule has 1 fully saturated rings. The summed E-state index contributed by atoms with van der Waals surface area (Å²) in [6.07, 6.45) is 2.96. The maximum absolute atomic E-state index is 12.9. The number of carbonyl (C=O) groups excluding carboxylic acids is 2. The molecule has 1 aliphatic rings. The zero-order valence-corrected chi connectivity index (χ0v) is 17.0. The van der Waals surface area contributed by atoms with E-state index in [1.165, 1.54) is 7.11 Å². The Morgan fingerprint density at radius 1 is 1.30 bits per heavy atom. The van der Waals surface area contributed by atoms with E-state index >= 15 is 0 Å². The number of pyridine rings is 1. The summed E-state index contributed by atoms with van der Waals surface area (Å²) >= 11 is 0. The third-order valence-corrected chi connectivity index (χ3v) is 4.88. The van der Waals surface area contributed by atoms with Gasteiger partial charge in [0.2, 0.25) is 0 Å². The first kappa shape index (κ1) is 21.3. The van der Waals surface area contributed by atoms with Gasteiger partial charge in [-0.2, -0.15) is 0 Å². The fraction of sp³-hybridized carbons (Fsp3) is 0.318. The number of aromatic nitrogens is 1. The summed E-state index contributed by atoms with van der Waals surface area (Å²) < 4.78 is 11.0. The zero-order chi connectivity index (χ0) is 21.7. The van der Waals surface area contributed by atoms with Crippen LogP contribution in [0.2, 0.25) is 0 Å². The van der Waals surface area contributed by atoms with Crippen molar-refractivity contribution in [2.45, 2.75) is 25.0 Å². The summed E-state index contributed by atoms with van der Waals surface area (Å²) in [5.41, 5.74) is 0.173. The van der Waals surface area contributed by atoms with Gasteiger partial charge in [0.05, 0.1) is 19.3 Å². The lowest BCUT2D eigenvalue weighted by Crippen LogP contribution is -2.43. The van der Waals surface area contributed by atoms with Gasteiger partial charge in [-0.3, -0.25) is 14.7 Å². The van der Waals surface area contributed by atoms with Crippen molar-refractivity contribution in [1.29, 1.82) is 0 Å². The molecule has 0 unspecified atom stereocenters. The molecule has 0 bridgehead atoms. The molecule has 0 radical (unpaired) electrons. The summed E-state index contributed by atoms with van der Waals surface area (Å²) in [4.78, 5) is 30.4. The third kappa shape index (κ3) is 4.28. The maximum Gasteiger partial charge on any atom is 0.325 e. The summed E-state index contributed by atoms with van der Waals surface area (Å²) in [7, 11) is 1.53. The number of nitrogens with zero attached hydrogens (tertiary/aromatic N) is 2. The number of nitrogens with one attached hydrogen (secondary N) is 1. The second-order valence-corrected chi connectivity index (χ2v) is 7.13. The number of hydrogen-bond acceptors (Lipinski definition) is 6. The number of β-amino-alcohol motifs (C(OH)–C–C–N with tert-alkyl or cyclic N) is 1. The number of amides is 3. The van der Waals surface area contributed by atoms with Gasteiger partial charge in [0.15, 0.2) is 17.0 Å². The van der Waals surface area contributed by atoms with E-state index in [1.54, 1.807) is 43.5 Å². The lowest BCUT2D eigenvalue weighted by Gasteiger charge is -2.22. The number of hydrogen-bond donors (Lipinski definition) is 2. The van der Waals surface area contributed by atoms with Gasteiger partial charge < -0.3 is 19.9 Å². The summed E-state index contributed by atoms with van der Waals surface area (Å²) in [6, 6.07) is 10.0. The minimum atomic E-state index is -1.27. The van der Waals surface area contributed by atoms with Crippen molar-refractivity contribution < 1.29 is 24.2 Å². The van der Waals surface area contributed by atoms with Crippen LogP contribution in [0.15, 0.2) is 55.3 Å². The first-order chi connectivity index (χ1) is 14.4. The van der Waals surface area contributed by atoms with Gasteiger partial charge >= 0.3 is 6.03 Å². The van der Waals surface area contributed by atoms with Crippen LogP contribution in [0.3, 0.4) is 0 Å². The van der Waals surface area contributed by atoms with Crippen molar-refractivity contribution >= 4 is 11.9 Å². The molecule has 2 aromatic rings. The van der Waals surface area contributed by atoms with Crippen molar-refractivity contribution in [2.75, 3.05) is 20.3 Å². The third-order valence-electron chi connectivity index (χ3n) is 4.88. The van der Waals surface area contributed by atoms with Gasteiger partial charge in [-0.1, -0.05) is 18.2 Å². The van der Waals surface area contributed by atoms with Crippen LogP contribution >= 0.6 is 0 Å². The van der Waals surface area contributed by atoms with Gasteiger partial charge in [0.25, 0.3) is 5.91 Å². The van der Waals surface area contributed by atoms with Gasteiger partial charge in [0.1, 0.15) is 12.7 Å². The summed E-state index contributed by atoms with van der Waals surface area (Å²) in [5, 5.41) is 13.0. The number of benzene rings is 1. The Balaban J connectivity index is 1.64. The minimum absolute atomic E-state index is 0.117. The lowest BCUT2D eigenvalue weighted by molar-refractivity contribution is -0.132. The van der Waals surface area contributed by atoms with Crippen LogP contribution in [-0.4, -0.2) is 53.3 Å². The number of carbonyl (C=O) groups is 2. The topological polar surface area (TPSA) is 101 Å². The maximum atomic E-state index is 12.9. The SMILES string of the molecule is C=CCc1ccc(OC[C@H](O)CN2C(=O)N[C@@](C)(c3ccccn3)C2=O)c(OC)c1. The number of aliphatic hydroxyl groups excluding tert-OH is 1. The first-order valence-corrected chi connectivity index (χ1v) is 9.53. The van der Waals surface area contributed by atoms with E-state index in [9.17, 15) is 14.7 Å². The number of rotatable bonds is 9. The normalized spacial score (nSPS) is 19.4. The van der Waals surface area contributed by atoms with Gasteiger partial charge in [0, 0.05) is 6.20 Å². The molecule has 158 valence electrons. The second kappa shape index (κ2) is 8.96. The van der Waals surface area contributed by atoms with Crippen LogP contribution in [0.5, 0.6) is 11.5 Å². The van der Waals surface area contributed by atoms with Crippen LogP contribution < -0.4 is 14.8 Å². The van der Waals surface area contributed by atoms with E-state index < -0.39 is 23.6 Å². The Hall–Kier alpha value is -3.39. The van der Waals surface area contributed by atoms with Crippen LogP contribution in [0.25, 0.3) is 0 Å². The van der Waals surface area contributed by atoms with E-state index in [0.717, 1.165) is 10.5 Å². The van der Waals surface area contributed by atoms with Crippen molar-refractivity contribution in [3.8, 4) is 11.5 Å². The monoisotopic (exact) mass is 411 g/mol. The molecule has 1 aromatic carbocycles. The van der Waals surface area contributed by atoms with Crippen molar-refractivity contribution in [2.24, 2.45) is 0 Å². The van der Waals surface area contributed by atoms with Crippen molar-refractivity contribution in [3.63, 3.8) is 0 Å². The molecule has 3 amide bonds. The van der Waals surface area contributed by atoms with Crippen molar-refractivity contribution in [1.82, 2.24) is 15.2 Å². The van der Waals surface area contributed by atoms with Gasteiger partial charge in [-0.05, 0) is 43.2 Å². The Bertz CT molecular complexity index is 934. The second-order valence-electron chi connectivity index (χ2n) is 7.13. The molecule has 1 aromatic heterocycles. The predicted molar refractivity (Wildman–Crippen MR) is 110 cm³/mol. The molecule has 1 aliphatic heterocycles. The van der Waals surface area contributed by atoms with E-state index in [-0.39, 0.29) is 13.2 Å². The van der Waals surface area contributed by atoms with Crippen LogP contribution in [0, 0.1) is 0 Å². The molecule has 2 heterocycles. The van der Waals surface area contributed by atoms with Gasteiger partial charge in [-0.15, -0.1) is 6.58 Å². The number of urea groups is 1. The Morgan fingerprint density at radius 2 is 2.10 bits per heavy atom. The highest BCUT2D eigenvalue weighted by molar-refractivity contribution is 6.07. The average Bonchev–Trinajstić information content (AvgIpc) is 2.97. The van der Waals surface area contributed by atoms with E-state index in [1.807, 2.05) is 12.1 Å². The number of ether oxygens (including phenoxy) is 2. The van der Waals surface area contributed by atoms with E-state index in [4.69, 9.17) is 9.47 Å². The largest absolute Gasteiger partial charge is 0.493 e. The highest BCUT2D eigenvalue weighted by Gasteiger charge is 2.50. The molecular formula is C22H25N3O5. The number of methoxy groups -OCH3 is 1. The molecule has 0 aliphatic carbocycles. The molecule has 2 atom stereocenters. The Morgan fingerprint density at radius 3 is 2.77 bits per heavy atom. The summed E-state index contributed by atoms with van der Waals surface area (Å²) in [5.74, 6) is 0.510. The smallest absolute Gasteiger partial charge is 0.325 e. The van der Waals surface area contributed by atoms with Gasteiger partial charge in [-0.25, -0.2) is 4.79 Å². The summed E-state index contributed by atoms with van der Waals surface area (Å²) in [6.45, 7) is 4.98. The minimum Gasteiger partial charge on any atom is -0.493 e. The molecular weight excluding hydrogens is 386 g/mol. The number of aliphatic hydroxyl groups is 1. The van der Waals surface area contributed by atoms with Crippen LogP contribution in [0.4, 0.5) is 4.79 Å². The van der Waals surface area contributed by atoms with Crippen molar-refractivity contribution in [3.05, 3.63) is 66.5 Å². The van der Waals surface area contributed by atoms with E-state index in [0.29, 0.717) is 23.6 Å². The average molecular weight is 411 g/mol. The zero-order valence-electron chi connectivity index (χ0n) is 17.0. The quantitative estimate of drug-likeness (QED) is 0.484. The Kier molecular flexibility index (Phi) is 6.37. The number of allylic oxidation sites excluding steroid dienone is 1. The Labute approximate surface area is 175 Å². The molecule has 1 saturated heterocycles. The standard InChI is InChI=1S/C22H25N3O5/c1-4-7-15-9-10-17(18(12-15)29-3)30-14-16(26)13-25-20(27)22(2,24-21(25)28)19-8-5-6-11-23-19/h4-6,8-12,16,26H,1,7,13-14H2,2-3H3,(H,24,28)/t16-,22+/m1/s1. The van der Waals surface area contributed by atoms with Crippen LogP contribution in [0.1, 0.15) is 18.2 Å². The lowest BCUT2D eigenvalue weighted by atomic mass is 9.97. The molecule has 8 nitrogen and oxygen atoms in total. The fourth-order valence-electron chi connectivity index (χ4n) is 3.27. The number of imide groups is 1. The molecule has 8 heteroatoms. The molecule has 0 saturated carbocycles. The predicted octanol–water partition coefficient (Wildman–Crippen LogP) is 2.03. The molecule has 30 heavy (non-hydrogen) atoms.